The molecule has 0 spiro atoms. The van der Waals surface area contributed by atoms with Gasteiger partial charge in [0.2, 0.25) is 0 Å². The second kappa shape index (κ2) is 5.96. The lowest BCUT2D eigenvalue weighted by Crippen LogP contribution is -2.07. The van der Waals surface area contributed by atoms with Crippen LogP contribution < -0.4 is 10.5 Å². The van der Waals surface area contributed by atoms with Crippen LogP contribution in [0.1, 0.15) is 12.5 Å². The van der Waals surface area contributed by atoms with Crippen molar-refractivity contribution in [2.45, 2.75) is 17.6 Å². The standard InChI is InChI=1S/C15H17NO3S/c1-2-19-15-9-8-13(16)10-12(15)11-20(17,18)14-6-4-3-5-7-14/h3-10H,2,11,16H2,1H3. The zero-order chi connectivity index (χ0) is 14.6. The summed E-state index contributed by atoms with van der Waals surface area (Å²) in [6.45, 7) is 2.33. The molecule has 0 saturated heterocycles. The van der Waals surface area contributed by atoms with Gasteiger partial charge in [0.1, 0.15) is 5.75 Å². The van der Waals surface area contributed by atoms with E-state index in [1.165, 1.54) is 0 Å². The lowest BCUT2D eigenvalue weighted by molar-refractivity contribution is 0.337. The Bertz CT molecular complexity index is 682. The largest absolute Gasteiger partial charge is 0.494 e. The summed E-state index contributed by atoms with van der Waals surface area (Å²) in [6, 6.07) is 13.4. The number of ether oxygens (including phenoxy) is 1. The zero-order valence-corrected chi connectivity index (χ0v) is 12.1. The highest BCUT2D eigenvalue weighted by atomic mass is 32.2. The van der Waals surface area contributed by atoms with Gasteiger partial charge in [-0.05, 0) is 37.3 Å². The quantitative estimate of drug-likeness (QED) is 0.860. The van der Waals surface area contributed by atoms with Crippen LogP contribution in [0.15, 0.2) is 53.4 Å². The maximum Gasteiger partial charge on any atom is 0.182 e. The highest BCUT2D eigenvalue weighted by Gasteiger charge is 2.17. The van der Waals surface area contributed by atoms with E-state index < -0.39 is 9.84 Å². The van der Waals surface area contributed by atoms with Crippen LogP contribution in [0.3, 0.4) is 0 Å². The third kappa shape index (κ3) is 3.30. The molecule has 5 heteroatoms. The fourth-order valence-electron chi connectivity index (χ4n) is 1.92. The first-order chi connectivity index (χ1) is 9.53. The molecule has 106 valence electrons. The van der Waals surface area contributed by atoms with Crippen LogP contribution in [0.4, 0.5) is 5.69 Å². The van der Waals surface area contributed by atoms with E-state index in [-0.39, 0.29) is 5.75 Å². The summed E-state index contributed by atoms with van der Waals surface area (Å²) < 4.78 is 30.2. The number of nitrogen functional groups attached to an aromatic ring is 1. The van der Waals surface area contributed by atoms with Gasteiger partial charge in [0.05, 0.1) is 17.3 Å². The SMILES string of the molecule is CCOc1ccc(N)cc1CS(=O)(=O)c1ccccc1. The van der Waals surface area contributed by atoms with Gasteiger partial charge in [-0.2, -0.15) is 0 Å². The second-order valence-corrected chi connectivity index (χ2v) is 6.36. The first-order valence-electron chi connectivity index (χ1n) is 6.32. The molecule has 0 aliphatic rings. The van der Waals surface area contributed by atoms with Gasteiger partial charge >= 0.3 is 0 Å². The monoisotopic (exact) mass is 291 g/mol. The van der Waals surface area contributed by atoms with Crippen molar-refractivity contribution < 1.29 is 13.2 Å². The van der Waals surface area contributed by atoms with Crippen LogP contribution in [0.2, 0.25) is 0 Å². The van der Waals surface area contributed by atoms with Crippen molar-refractivity contribution in [1.29, 1.82) is 0 Å². The Balaban J connectivity index is 2.36. The van der Waals surface area contributed by atoms with E-state index in [9.17, 15) is 8.42 Å². The molecule has 0 unspecified atom stereocenters. The summed E-state index contributed by atoms with van der Waals surface area (Å²) in [7, 11) is -3.41. The van der Waals surface area contributed by atoms with Crippen molar-refractivity contribution >= 4 is 15.5 Å². The fraction of sp³-hybridized carbons (Fsp3) is 0.200. The number of benzene rings is 2. The topological polar surface area (TPSA) is 69.4 Å². The molecule has 0 aliphatic heterocycles. The Kier molecular flexibility index (Phi) is 4.29. The van der Waals surface area contributed by atoms with Gasteiger partial charge in [0.15, 0.2) is 9.84 Å². The van der Waals surface area contributed by atoms with Crippen LogP contribution in [-0.4, -0.2) is 15.0 Å². The first-order valence-corrected chi connectivity index (χ1v) is 7.97. The molecule has 2 rings (SSSR count). The van der Waals surface area contributed by atoms with Crippen molar-refractivity contribution in [3.63, 3.8) is 0 Å². The van der Waals surface area contributed by atoms with Gasteiger partial charge in [-0.1, -0.05) is 18.2 Å². The van der Waals surface area contributed by atoms with Gasteiger partial charge in [-0.3, -0.25) is 0 Å². The second-order valence-electron chi connectivity index (χ2n) is 4.37. The molecule has 2 aromatic rings. The Morgan fingerprint density at radius 2 is 1.80 bits per heavy atom. The van der Waals surface area contributed by atoms with E-state index in [2.05, 4.69) is 0 Å². The van der Waals surface area contributed by atoms with E-state index in [1.807, 2.05) is 6.92 Å². The Morgan fingerprint density at radius 3 is 2.45 bits per heavy atom. The molecular formula is C15H17NO3S. The van der Waals surface area contributed by atoms with Crippen molar-refractivity contribution in [1.82, 2.24) is 0 Å². The van der Waals surface area contributed by atoms with Crippen LogP contribution in [0, 0.1) is 0 Å². The van der Waals surface area contributed by atoms with Crippen molar-refractivity contribution in [2.75, 3.05) is 12.3 Å². The van der Waals surface area contributed by atoms with Crippen LogP contribution in [0.5, 0.6) is 5.75 Å². The predicted octanol–water partition coefficient (Wildman–Crippen LogP) is 2.64. The molecule has 0 fully saturated rings. The first kappa shape index (κ1) is 14.4. The van der Waals surface area contributed by atoms with Crippen LogP contribution in [0.25, 0.3) is 0 Å². The minimum atomic E-state index is -3.41. The van der Waals surface area contributed by atoms with Crippen LogP contribution in [-0.2, 0) is 15.6 Å². The molecule has 20 heavy (non-hydrogen) atoms. The molecule has 2 aromatic carbocycles. The molecule has 0 aromatic heterocycles. The number of sulfone groups is 1. The Hall–Kier alpha value is -2.01. The van der Waals surface area contributed by atoms with E-state index in [0.29, 0.717) is 28.5 Å². The molecule has 0 aliphatic carbocycles. The molecular weight excluding hydrogens is 274 g/mol. The lowest BCUT2D eigenvalue weighted by Gasteiger charge is -2.11. The molecule has 0 saturated carbocycles. The third-order valence-electron chi connectivity index (χ3n) is 2.83. The molecule has 4 nitrogen and oxygen atoms in total. The zero-order valence-electron chi connectivity index (χ0n) is 11.2. The average Bonchev–Trinajstić information content (AvgIpc) is 2.43. The van der Waals surface area contributed by atoms with Crippen LogP contribution >= 0.6 is 0 Å². The molecule has 0 atom stereocenters. The van der Waals surface area contributed by atoms with E-state index >= 15 is 0 Å². The highest BCUT2D eigenvalue weighted by molar-refractivity contribution is 7.90. The Morgan fingerprint density at radius 1 is 1.10 bits per heavy atom. The number of hydrogen-bond donors (Lipinski definition) is 1. The number of anilines is 1. The summed E-state index contributed by atoms with van der Waals surface area (Å²) in [5.74, 6) is 0.429. The van der Waals surface area contributed by atoms with Crippen molar-refractivity contribution in [3.8, 4) is 5.75 Å². The minimum absolute atomic E-state index is 0.128. The van der Waals surface area contributed by atoms with Gasteiger partial charge in [-0.25, -0.2) is 8.42 Å². The van der Waals surface area contributed by atoms with E-state index in [1.54, 1.807) is 48.5 Å². The van der Waals surface area contributed by atoms with E-state index in [4.69, 9.17) is 10.5 Å². The van der Waals surface area contributed by atoms with Gasteiger partial charge in [0.25, 0.3) is 0 Å². The maximum absolute atomic E-state index is 12.4. The lowest BCUT2D eigenvalue weighted by atomic mass is 10.2. The normalized spacial score (nSPS) is 11.2. The summed E-state index contributed by atoms with van der Waals surface area (Å²) in [6.07, 6.45) is 0. The molecule has 0 amide bonds. The van der Waals surface area contributed by atoms with Crippen molar-refractivity contribution in [3.05, 3.63) is 54.1 Å². The predicted molar refractivity (Wildman–Crippen MR) is 79.4 cm³/mol. The number of rotatable bonds is 5. The fourth-order valence-corrected chi connectivity index (χ4v) is 3.30. The average molecular weight is 291 g/mol. The van der Waals surface area contributed by atoms with Gasteiger partial charge in [-0.15, -0.1) is 0 Å². The summed E-state index contributed by atoms with van der Waals surface area (Å²) in [5, 5.41) is 0. The molecule has 0 radical (unpaired) electrons. The van der Waals surface area contributed by atoms with Gasteiger partial charge < -0.3 is 10.5 Å². The maximum atomic E-state index is 12.4. The number of hydrogen-bond acceptors (Lipinski definition) is 4. The molecule has 2 N–H and O–H groups in total. The smallest absolute Gasteiger partial charge is 0.182 e. The van der Waals surface area contributed by atoms with E-state index in [0.717, 1.165) is 0 Å². The number of nitrogens with two attached hydrogens (primary N) is 1. The summed E-state index contributed by atoms with van der Waals surface area (Å²) in [5.41, 5.74) is 6.83. The highest BCUT2D eigenvalue weighted by Crippen LogP contribution is 2.26. The summed E-state index contributed by atoms with van der Waals surface area (Å²) >= 11 is 0. The molecule has 0 heterocycles. The minimum Gasteiger partial charge on any atom is -0.494 e. The molecule has 0 bridgehead atoms. The van der Waals surface area contributed by atoms with Crippen molar-refractivity contribution in [2.24, 2.45) is 0 Å². The summed E-state index contributed by atoms with van der Waals surface area (Å²) in [4.78, 5) is 0.296. The van der Waals surface area contributed by atoms with Gasteiger partial charge in [0, 0.05) is 11.3 Å². The Labute approximate surface area is 119 Å². The third-order valence-corrected chi connectivity index (χ3v) is 4.51.